The van der Waals surface area contributed by atoms with Crippen LogP contribution in [0, 0.1) is 12.8 Å². The fraction of sp³-hybridized carbons (Fsp3) is 0.489. The van der Waals surface area contributed by atoms with Gasteiger partial charge in [0.15, 0.2) is 11.6 Å². The first kappa shape index (κ1) is 43.6. The number of ether oxygens (including phenoxy) is 1. The van der Waals surface area contributed by atoms with Crippen molar-refractivity contribution in [2.75, 3.05) is 62.6 Å². The highest BCUT2D eigenvalue weighted by molar-refractivity contribution is 7.13. The molecule has 4 aliphatic rings. The summed E-state index contributed by atoms with van der Waals surface area (Å²) in [4.78, 5) is 42.5. The van der Waals surface area contributed by atoms with E-state index in [0.717, 1.165) is 78.9 Å². The number of aliphatic hydroxyl groups excluding tert-OH is 1. The van der Waals surface area contributed by atoms with E-state index in [1.807, 2.05) is 82.6 Å². The van der Waals surface area contributed by atoms with Crippen LogP contribution in [0.5, 0.6) is 11.6 Å². The van der Waals surface area contributed by atoms with Crippen LogP contribution in [0.25, 0.3) is 21.7 Å². The molecule has 7 atom stereocenters. The van der Waals surface area contributed by atoms with Crippen LogP contribution in [0.1, 0.15) is 69.5 Å². The Labute approximate surface area is 377 Å². The molecule has 3 aromatic heterocycles. The van der Waals surface area contributed by atoms with Gasteiger partial charge in [0.25, 0.3) is 5.88 Å². The van der Waals surface area contributed by atoms with Crippen LogP contribution in [-0.4, -0.2) is 140 Å². The number of phenolic OH excluding ortho intramolecular Hbond substituents is 1. The molecule has 64 heavy (non-hydrogen) atoms. The Balaban J connectivity index is 0.773. The average Bonchev–Trinajstić information content (AvgIpc) is 4.12. The lowest BCUT2D eigenvalue weighted by atomic mass is 9.91. The number of nitrogens with one attached hydrogen (secondary N) is 2. The summed E-state index contributed by atoms with van der Waals surface area (Å²) < 4.78 is 12.1. The number of amides is 2. The number of rotatable bonds is 13. The van der Waals surface area contributed by atoms with Crippen LogP contribution in [0.2, 0.25) is 0 Å². The topological polar surface area (TPSA) is 186 Å². The summed E-state index contributed by atoms with van der Waals surface area (Å²) in [5.74, 6) is 0.156. The average molecular weight is 891 g/mol. The zero-order valence-electron chi connectivity index (χ0n) is 37.1. The number of nitrogens with zero attached hydrogens (tertiary/aromatic N) is 8. The maximum absolute atomic E-state index is 14.3. The minimum atomic E-state index is -0.826. The Kier molecular flexibility index (Phi) is 12.6. The molecule has 3 saturated heterocycles. The first-order valence-corrected chi connectivity index (χ1v) is 23.3. The van der Waals surface area contributed by atoms with Crippen LogP contribution < -0.4 is 20.3 Å². The van der Waals surface area contributed by atoms with E-state index in [2.05, 4.69) is 45.7 Å². The summed E-state index contributed by atoms with van der Waals surface area (Å²) >= 11 is 1.59. The molecule has 1 unspecified atom stereocenters. The minimum absolute atomic E-state index is 0.0564. The van der Waals surface area contributed by atoms with Crippen LogP contribution >= 0.6 is 11.3 Å². The van der Waals surface area contributed by atoms with Gasteiger partial charge in [0, 0.05) is 69.9 Å². The van der Waals surface area contributed by atoms with Crippen molar-refractivity contribution in [3.05, 3.63) is 83.2 Å². The monoisotopic (exact) mass is 890 g/mol. The predicted octanol–water partition coefficient (Wildman–Crippen LogP) is 5.31. The van der Waals surface area contributed by atoms with Gasteiger partial charge in [-0.15, -0.1) is 21.5 Å². The molecule has 0 bridgehead atoms. The number of carbonyl (C=O) groups is 2. The van der Waals surface area contributed by atoms with E-state index in [9.17, 15) is 19.8 Å². The predicted molar refractivity (Wildman–Crippen MR) is 244 cm³/mol. The van der Waals surface area contributed by atoms with E-state index in [1.165, 1.54) is 4.90 Å². The van der Waals surface area contributed by atoms with Gasteiger partial charge in [-0.1, -0.05) is 50.2 Å². The van der Waals surface area contributed by atoms with Crippen molar-refractivity contribution >= 4 is 34.7 Å². The maximum atomic E-state index is 14.3. The second kappa shape index (κ2) is 18.5. The molecule has 5 aromatic rings. The fourth-order valence-corrected chi connectivity index (χ4v) is 10.7. The van der Waals surface area contributed by atoms with Gasteiger partial charge < -0.3 is 39.9 Å². The molecule has 2 aromatic carbocycles. The maximum Gasteiger partial charge on any atom is 0.254 e. The van der Waals surface area contributed by atoms with Crippen LogP contribution in [0.3, 0.4) is 0 Å². The Morgan fingerprint density at radius 3 is 2.58 bits per heavy atom. The second-order valence-electron chi connectivity index (χ2n) is 18.1. The number of phenols is 1. The van der Waals surface area contributed by atoms with Crippen LogP contribution in [0.4, 0.5) is 11.5 Å². The summed E-state index contributed by atoms with van der Waals surface area (Å²) in [5, 5.41) is 40.8. The summed E-state index contributed by atoms with van der Waals surface area (Å²) in [5.41, 5.74) is 7.17. The van der Waals surface area contributed by atoms with Crippen LogP contribution in [-0.2, 0) is 9.59 Å². The van der Waals surface area contributed by atoms with E-state index < -0.39 is 18.1 Å². The molecular weight excluding hydrogens is 833 g/mol. The summed E-state index contributed by atoms with van der Waals surface area (Å²) in [6.45, 7) is 16.0. The molecule has 0 radical (unpaired) electrons. The number of hydrogen-bond donors (Lipinski definition) is 4. The van der Waals surface area contributed by atoms with Gasteiger partial charge in [-0.05, 0) is 74.1 Å². The van der Waals surface area contributed by atoms with Crippen molar-refractivity contribution in [2.45, 2.75) is 89.8 Å². The second-order valence-corrected chi connectivity index (χ2v) is 19.0. The quantitative estimate of drug-likeness (QED) is 0.119. The molecule has 4 N–H and O–H groups in total. The number of thiazole rings is 1. The van der Waals surface area contributed by atoms with Gasteiger partial charge in [0.1, 0.15) is 23.8 Å². The molecule has 9 rings (SSSR count). The fourth-order valence-electron chi connectivity index (χ4n) is 9.94. The van der Waals surface area contributed by atoms with E-state index in [4.69, 9.17) is 9.26 Å². The Bertz CT molecular complexity index is 2440. The molecule has 7 heterocycles. The zero-order valence-corrected chi connectivity index (χ0v) is 37.9. The lowest BCUT2D eigenvalue weighted by Crippen LogP contribution is -2.60. The normalized spacial score (nSPS) is 22.7. The highest BCUT2D eigenvalue weighted by atomic mass is 32.1. The SMILES string of the molecule is Cc1ncsc1-c1ccc([C@H](C)NC(=O)[C@@H]2C[C@@H](O)CN2C(=O)[C@@H](c2cc(O[C@H](C)CN3CCC(N4CCN5c6cc(-c7ccccc7O)nnc6NC[C@H]5C4)C3)no2)C(C)C)cc1. The molecule has 338 valence electrons. The zero-order chi connectivity index (χ0) is 44.6. The van der Waals surface area contributed by atoms with Crippen molar-refractivity contribution in [3.63, 3.8) is 0 Å². The van der Waals surface area contributed by atoms with E-state index in [-0.39, 0.29) is 54.6 Å². The van der Waals surface area contributed by atoms with Gasteiger partial charge in [-0.2, -0.15) is 0 Å². The number of para-hydroxylation sites is 1. The number of hydrogen-bond acceptors (Lipinski definition) is 15. The first-order chi connectivity index (χ1) is 30.9. The number of likely N-dealkylation sites (tertiary alicyclic amines) is 2. The number of benzene rings is 2. The van der Waals surface area contributed by atoms with Crippen LogP contribution in [0.15, 0.2) is 70.7 Å². The number of aliphatic hydroxyl groups is 1. The van der Waals surface area contributed by atoms with Crippen molar-refractivity contribution in [2.24, 2.45) is 5.92 Å². The molecule has 17 heteroatoms. The number of anilines is 2. The van der Waals surface area contributed by atoms with Gasteiger partial charge in [-0.3, -0.25) is 19.4 Å². The van der Waals surface area contributed by atoms with E-state index >= 15 is 0 Å². The van der Waals surface area contributed by atoms with Gasteiger partial charge in [-0.25, -0.2) is 4.98 Å². The van der Waals surface area contributed by atoms with Gasteiger partial charge in [0.05, 0.1) is 45.7 Å². The number of β-amino-alcohol motifs (C(OH)–C–C–N with tert-alkyl or cyclic N) is 1. The third-order valence-electron chi connectivity index (χ3n) is 13.3. The molecule has 0 aliphatic carbocycles. The number of aromatic nitrogens is 4. The standard InChI is InChI=1S/C47H58N10O6S/c1-27(2)43(47(61)57-25-35(58)18-39(57)46(60)50-29(4)31-10-12-32(13-11-31)44-30(5)49-26-64-44)41-20-42(53-63-41)62-28(3)22-54-15-14-33(23-54)55-16-17-56-34(24-55)21-48-45-38(56)19-37(51-52-45)36-8-6-7-9-40(36)59/h6-13,19-20,26-29,33-35,39,43,58-59H,14-18,21-25H2,1-5H3,(H,48,52)(H,50,60)/t28-,29+,33?,34+,35-,39+,43-/m1/s1. The Morgan fingerprint density at radius 1 is 1.00 bits per heavy atom. The molecule has 3 fully saturated rings. The minimum Gasteiger partial charge on any atom is -0.507 e. The highest BCUT2D eigenvalue weighted by Gasteiger charge is 2.44. The number of piperazine rings is 1. The van der Waals surface area contributed by atoms with Crippen molar-refractivity contribution in [1.29, 1.82) is 0 Å². The highest BCUT2D eigenvalue weighted by Crippen LogP contribution is 2.37. The molecular formula is C47H58N10O6S. The Hall–Kier alpha value is -5.62. The number of aromatic hydroxyl groups is 1. The smallest absolute Gasteiger partial charge is 0.254 e. The Morgan fingerprint density at radius 2 is 1.81 bits per heavy atom. The summed E-state index contributed by atoms with van der Waals surface area (Å²) in [6, 6.07) is 18.6. The molecule has 0 spiro atoms. The van der Waals surface area contributed by atoms with Crippen molar-refractivity contribution < 1.29 is 29.1 Å². The third-order valence-corrected chi connectivity index (χ3v) is 14.2. The number of carbonyl (C=O) groups excluding carboxylic acids is 2. The molecule has 0 saturated carbocycles. The van der Waals surface area contributed by atoms with Crippen molar-refractivity contribution in [3.8, 4) is 33.3 Å². The van der Waals surface area contributed by atoms with Gasteiger partial charge >= 0.3 is 0 Å². The lowest BCUT2D eigenvalue weighted by Gasteiger charge is -2.47. The molecule has 16 nitrogen and oxygen atoms in total. The number of fused-ring (bicyclic) bond motifs is 3. The molecule has 2 amide bonds. The first-order valence-electron chi connectivity index (χ1n) is 22.5. The summed E-state index contributed by atoms with van der Waals surface area (Å²) in [6.07, 6.45) is 0.218. The van der Waals surface area contributed by atoms with Crippen molar-refractivity contribution in [1.82, 2.24) is 40.4 Å². The van der Waals surface area contributed by atoms with Gasteiger partial charge in [0.2, 0.25) is 11.8 Å². The summed E-state index contributed by atoms with van der Waals surface area (Å²) in [7, 11) is 0. The molecule has 4 aliphatic heterocycles. The van der Waals surface area contributed by atoms with E-state index in [1.54, 1.807) is 29.5 Å². The largest absolute Gasteiger partial charge is 0.507 e. The van der Waals surface area contributed by atoms with E-state index in [0.29, 0.717) is 35.5 Å². The third kappa shape index (κ3) is 9.03. The lowest BCUT2D eigenvalue weighted by molar-refractivity contribution is -0.141. The number of aryl methyl sites for hydroxylation is 1.